The first-order chi connectivity index (χ1) is 16.7. The van der Waals surface area contributed by atoms with E-state index in [-0.39, 0.29) is 5.91 Å². The highest BCUT2D eigenvalue weighted by molar-refractivity contribution is 5.80. The van der Waals surface area contributed by atoms with Crippen molar-refractivity contribution in [1.29, 1.82) is 5.26 Å². The van der Waals surface area contributed by atoms with Gasteiger partial charge in [-0.1, -0.05) is 60.7 Å². The molecule has 1 saturated heterocycles. The van der Waals surface area contributed by atoms with E-state index in [4.69, 9.17) is 10.2 Å². The van der Waals surface area contributed by atoms with Gasteiger partial charge in [0.1, 0.15) is 0 Å². The summed E-state index contributed by atoms with van der Waals surface area (Å²) in [5.41, 5.74) is 5.73. The summed E-state index contributed by atoms with van der Waals surface area (Å²) in [5, 5.41) is 10.3. The van der Waals surface area contributed by atoms with Gasteiger partial charge in [-0.05, 0) is 41.0 Å². The molecule has 5 heteroatoms. The number of rotatable bonds is 5. The summed E-state index contributed by atoms with van der Waals surface area (Å²) in [6.07, 6.45) is 0.387. The third kappa shape index (κ3) is 4.98. The lowest BCUT2D eigenvalue weighted by molar-refractivity contribution is -0.132. The molecule has 4 aromatic rings. The number of hydrogen-bond donors (Lipinski definition) is 0. The maximum atomic E-state index is 13.0. The third-order valence-corrected chi connectivity index (χ3v) is 6.37. The van der Waals surface area contributed by atoms with Gasteiger partial charge in [-0.2, -0.15) is 5.26 Å². The predicted molar refractivity (Wildman–Crippen MR) is 134 cm³/mol. The van der Waals surface area contributed by atoms with Crippen LogP contribution >= 0.6 is 0 Å². The van der Waals surface area contributed by atoms with Crippen LogP contribution in [0, 0.1) is 11.3 Å². The average Bonchev–Trinajstić information content (AvgIpc) is 2.89. The largest absolute Gasteiger partial charge is 0.340 e. The normalized spacial score (nSPS) is 14.1. The Morgan fingerprint density at radius 2 is 1.62 bits per heavy atom. The van der Waals surface area contributed by atoms with E-state index in [1.165, 1.54) is 0 Å². The molecule has 1 amide bonds. The van der Waals surface area contributed by atoms with E-state index < -0.39 is 0 Å². The van der Waals surface area contributed by atoms with Gasteiger partial charge in [0, 0.05) is 38.1 Å². The summed E-state index contributed by atoms with van der Waals surface area (Å²) >= 11 is 0. The lowest BCUT2D eigenvalue weighted by atomic mass is 10.00. The van der Waals surface area contributed by atoms with Crippen LogP contribution in [0.5, 0.6) is 0 Å². The number of amides is 1. The number of para-hydroxylation sites is 1. The van der Waals surface area contributed by atoms with Gasteiger partial charge >= 0.3 is 0 Å². The minimum absolute atomic E-state index is 0.159. The van der Waals surface area contributed by atoms with Crippen LogP contribution in [0.25, 0.3) is 22.0 Å². The summed E-state index contributed by atoms with van der Waals surface area (Å²) < 4.78 is 0. The van der Waals surface area contributed by atoms with E-state index in [0.717, 1.165) is 66.0 Å². The smallest absolute Gasteiger partial charge is 0.227 e. The van der Waals surface area contributed by atoms with Crippen molar-refractivity contribution in [2.75, 3.05) is 26.2 Å². The van der Waals surface area contributed by atoms with Crippen LogP contribution in [0.3, 0.4) is 0 Å². The minimum atomic E-state index is 0.159. The van der Waals surface area contributed by atoms with Crippen LogP contribution < -0.4 is 0 Å². The molecule has 1 aromatic heterocycles. The number of fused-ring (bicyclic) bond motifs is 1. The maximum absolute atomic E-state index is 13.0. The SMILES string of the molecule is N#Cc1cccc(-c2cccc(CC(=O)N3CCN(Cc4ccc5ccccc5n4)CC3)c2)c1. The molecule has 0 atom stereocenters. The van der Waals surface area contributed by atoms with Gasteiger partial charge in [0.05, 0.1) is 29.3 Å². The molecule has 0 aliphatic carbocycles. The van der Waals surface area contributed by atoms with E-state index in [0.29, 0.717) is 12.0 Å². The van der Waals surface area contributed by atoms with Gasteiger partial charge in [-0.15, -0.1) is 0 Å². The van der Waals surface area contributed by atoms with E-state index in [2.05, 4.69) is 35.2 Å². The Hall–Kier alpha value is -4.01. The van der Waals surface area contributed by atoms with Crippen LogP contribution in [-0.2, 0) is 17.8 Å². The highest BCUT2D eigenvalue weighted by atomic mass is 16.2. The molecule has 3 aromatic carbocycles. The van der Waals surface area contributed by atoms with Crippen LogP contribution in [-0.4, -0.2) is 46.9 Å². The zero-order valence-electron chi connectivity index (χ0n) is 19.0. The van der Waals surface area contributed by atoms with Crippen molar-refractivity contribution in [1.82, 2.24) is 14.8 Å². The summed E-state index contributed by atoms with van der Waals surface area (Å²) in [5.74, 6) is 0.159. The molecule has 0 unspecified atom stereocenters. The second kappa shape index (κ2) is 9.86. The van der Waals surface area contributed by atoms with Crippen molar-refractivity contribution in [3.8, 4) is 17.2 Å². The van der Waals surface area contributed by atoms with Crippen molar-refractivity contribution in [2.45, 2.75) is 13.0 Å². The van der Waals surface area contributed by atoms with Gasteiger partial charge in [-0.3, -0.25) is 14.7 Å². The Kier molecular flexibility index (Phi) is 6.33. The number of hydrogen-bond acceptors (Lipinski definition) is 4. The number of pyridine rings is 1. The molecule has 0 N–H and O–H groups in total. The molecular formula is C29H26N4O. The number of benzene rings is 3. The zero-order chi connectivity index (χ0) is 23.3. The monoisotopic (exact) mass is 446 g/mol. The first kappa shape index (κ1) is 21.8. The second-order valence-electron chi connectivity index (χ2n) is 8.72. The van der Waals surface area contributed by atoms with Crippen LogP contribution in [0.4, 0.5) is 0 Å². The second-order valence-corrected chi connectivity index (χ2v) is 8.72. The standard InChI is InChI=1S/C29H26N4O/c30-20-23-6-4-9-26(18-23)25-8-3-5-22(17-25)19-29(34)33-15-13-32(14-16-33)21-27-12-11-24-7-1-2-10-28(24)31-27/h1-12,17-18H,13-16,19,21H2. The van der Waals surface area contributed by atoms with E-state index in [1.54, 1.807) is 6.07 Å². The van der Waals surface area contributed by atoms with E-state index in [9.17, 15) is 4.79 Å². The lowest BCUT2D eigenvalue weighted by Gasteiger charge is -2.34. The van der Waals surface area contributed by atoms with Crippen LogP contribution in [0.2, 0.25) is 0 Å². The van der Waals surface area contributed by atoms with Crippen molar-refractivity contribution < 1.29 is 4.79 Å². The molecular weight excluding hydrogens is 420 g/mol. The minimum Gasteiger partial charge on any atom is -0.340 e. The molecule has 0 spiro atoms. The third-order valence-electron chi connectivity index (χ3n) is 6.37. The summed E-state index contributed by atoms with van der Waals surface area (Å²) in [6, 6.07) is 30.2. The van der Waals surface area contributed by atoms with Gasteiger partial charge in [0.15, 0.2) is 0 Å². The van der Waals surface area contributed by atoms with Crippen molar-refractivity contribution >= 4 is 16.8 Å². The Balaban J connectivity index is 1.18. The summed E-state index contributed by atoms with van der Waals surface area (Å²) in [4.78, 5) is 22.1. The first-order valence-corrected chi connectivity index (χ1v) is 11.6. The van der Waals surface area contributed by atoms with Crippen molar-refractivity contribution in [3.05, 3.63) is 102 Å². The maximum Gasteiger partial charge on any atom is 0.227 e. The van der Waals surface area contributed by atoms with Gasteiger partial charge in [-0.25, -0.2) is 0 Å². The number of piperazine rings is 1. The lowest BCUT2D eigenvalue weighted by Crippen LogP contribution is -2.48. The molecule has 5 nitrogen and oxygen atoms in total. The molecule has 0 saturated carbocycles. The topological polar surface area (TPSA) is 60.2 Å². The fourth-order valence-corrected chi connectivity index (χ4v) is 4.50. The zero-order valence-corrected chi connectivity index (χ0v) is 19.0. The molecule has 1 fully saturated rings. The Morgan fingerprint density at radius 3 is 2.44 bits per heavy atom. The Labute approximate surface area is 199 Å². The molecule has 168 valence electrons. The van der Waals surface area contributed by atoms with Crippen molar-refractivity contribution in [3.63, 3.8) is 0 Å². The van der Waals surface area contributed by atoms with Crippen LogP contribution in [0.1, 0.15) is 16.8 Å². The highest BCUT2D eigenvalue weighted by Crippen LogP contribution is 2.22. The number of nitriles is 1. The Morgan fingerprint density at radius 1 is 0.853 bits per heavy atom. The molecule has 34 heavy (non-hydrogen) atoms. The fraction of sp³-hybridized carbons (Fsp3) is 0.207. The molecule has 0 radical (unpaired) electrons. The fourth-order valence-electron chi connectivity index (χ4n) is 4.50. The van der Waals surface area contributed by atoms with Gasteiger partial charge in [0.25, 0.3) is 0 Å². The summed E-state index contributed by atoms with van der Waals surface area (Å²) in [7, 11) is 0. The summed E-state index contributed by atoms with van der Waals surface area (Å²) in [6.45, 7) is 3.96. The van der Waals surface area contributed by atoms with Gasteiger partial charge in [0.2, 0.25) is 5.91 Å². The number of carbonyl (C=O) groups excluding carboxylic acids is 1. The number of aromatic nitrogens is 1. The van der Waals surface area contributed by atoms with E-state index in [1.807, 2.05) is 59.5 Å². The Bertz CT molecular complexity index is 1370. The first-order valence-electron chi connectivity index (χ1n) is 11.6. The molecule has 1 aliphatic heterocycles. The van der Waals surface area contributed by atoms with Crippen molar-refractivity contribution in [2.24, 2.45) is 0 Å². The predicted octanol–water partition coefficient (Wildman–Crippen LogP) is 4.66. The molecule has 1 aliphatic rings. The van der Waals surface area contributed by atoms with Gasteiger partial charge < -0.3 is 4.90 Å². The van der Waals surface area contributed by atoms with E-state index >= 15 is 0 Å². The molecule has 2 heterocycles. The average molecular weight is 447 g/mol. The molecule has 5 rings (SSSR count). The quantitative estimate of drug-likeness (QED) is 0.447. The highest BCUT2D eigenvalue weighted by Gasteiger charge is 2.21. The molecule has 0 bridgehead atoms. The number of nitrogens with zero attached hydrogens (tertiary/aromatic N) is 4. The van der Waals surface area contributed by atoms with Crippen LogP contribution in [0.15, 0.2) is 84.9 Å². The number of carbonyl (C=O) groups is 1.